The minimum atomic E-state index is -0.376. The molecule has 2 aromatic rings. The lowest BCUT2D eigenvalue weighted by Crippen LogP contribution is -2.61. The highest BCUT2D eigenvalue weighted by Crippen LogP contribution is 2.30. The van der Waals surface area contributed by atoms with Gasteiger partial charge in [-0.2, -0.15) is 0 Å². The van der Waals surface area contributed by atoms with Gasteiger partial charge in [-0.25, -0.2) is 0 Å². The van der Waals surface area contributed by atoms with Crippen LogP contribution in [0.15, 0.2) is 41.0 Å². The molecule has 1 amide bonds. The van der Waals surface area contributed by atoms with Crippen molar-refractivity contribution in [2.45, 2.75) is 6.04 Å². The highest BCUT2D eigenvalue weighted by atomic mass is 16.5. The predicted molar refractivity (Wildman–Crippen MR) is 71.0 cm³/mol. The Morgan fingerprint density at radius 3 is 2.68 bits per heavy atom. The standard InChI is InChI=1S/C14H14N2O3/c1-18-11-4-2-9(3-5-11)13-6-10(8-19-13)16-7-12(15)14(16)17/h2-6,8,12H,7,15H2,1H3. The quantitative estimate of drug-likeness (QED) is 0.849. The number of benzene rings is 1. The molecule has 5 heteroatoms. The van der Waals surface area contributed by atoms with E-state index in [1.54, 1.807) is 18.3 Å². The van der Waals surface area contributed by atoms with E-state index in [9.17, 15) is 4.79 Å². The fourth-order valence-corrected chi connectivity index (χ4v) is 2.06. The second-order valence-corrected chi connectivity index (χ2v) is 4.45. The maximum Gasteiger partial charge on any atom is 0.245 e. The zero-order valence-corrected chi connectivity index (χ0v) is 10.5. The van der Waals surface area contributed by atoms with Gasteiger partial charge in [0.25, 0.3) is 0 Å². The molecule has 1 saturated heterocycles. The van der Waals surface area contributed by atoms with E-state index in [2.05, 4.69) is 0 Å². The Morgan fingerprint density at radius 2 is 2.11 bits per heavy atom. The van der Waals surface area contributed by atoms with Crippen molar-refractivity contribution in [1.82, 2.24) is 0 Å². The number of nitrogens with zero attached hydrogens (tertiary/aromatic N) is 1. The summed E-state index contributed by atoms with van der Waals surface area (Å²) in [6.07, 6.45) is 1.57. The molecule has 3 rings (SSSR count). The summed E-state index contributed by atoms with van der Waals surface area (Å²) < 4.78 is 10.6. The first kappa shape index (κ1) is 11.8. The second-order valence-electron chi connectivity index (χ2n) is 4.45. The van der Waals surface area contributed by atoms with Gasteiger partial charge in [0.05, 0.1) is 19.3 Å². The average molecular weight is 258 g/mol. The predicted octanol–water partition coefficient (Wildman–Crippen LogP) is 1.63. The molecular weight excluding hydrogens is 244 g/mol. The van der Waals surface area contributed by atoms with Gasteiger partial charge >= 0.3 is 0 Å². The summed E-state index contributed by atoms with van der Waals surface area (Å²) in [5.41, 5.74) is 7.25. The zero-order valence-electron chi connectivity index (χ0n) is 10.5. The number of ether oxygens (including phenoxy) is 1. The van der Waals surface area contributed by atoms with E-state index in [4.69, 9.17) is 14.9 Å². The van der Waals surface area contributed by atoms with E-state index in [-0.39, 0.29) is 11.9 Å². The van der Waals surface area contributed by atoms with Crippen molar-refractivity contribution < 1.29 is 13.9 Å². The van der Waals surface area contributed by atoms with Crippen molar-refractivity contribution in [1.29, 1.82) is 0 Å². The number of anilines is 1. The average Bonchev–Trinajstić information content (AvgIpc) is 2.93. The number of nitrogens with two attached hydrogens (primary N) is 1. The number of amides is 1. The van der Waals surface area contributed by atoms with E-state index in [0.717, 1.165) is 17.0 Å². The van der Waals surface area contributed by atoms with Gasteiger partial charge in [-0.15, -0.1) is 0 Å². The third kappa shape index (κ3) is 1.98. The number of methoxy groups -OCH3 is 1. The molecule has 1 aliphatic heterocycles. The maximum absolute atomic E-state index is 11.5. The molecule has 2 heterocycles. The second kappa shape index (κ2) is 4.44. The van der Waals surface area contributed by atoms with E-state index in [1.807, 2.05) is 30.3 Å². The number of β-lactam (4-membered cyclic amide) rings is 1. The Hall–Kier alpha value is -2.27. The molecule has 2 N–H and O–H groups in total. The smallest absolute Gasteiger partial charge is 0.245 e. The molecule has 1 atom stereocenters. The van der Waals surface area contributed by atoms with Crippen LogP contribution in [0.1, 0.15) is 0 Å². The minimum Gasteiger partial charge on any atom is -0.497 e. The lowest BCUT2D eigenvalue weighted by Gasteiger charge is -2.34. The number of hydrogen-bond donors (Lipinski definition) is 1. The number of carbonyl (C=O) groups is 1. The molecule has 0 aliphatic carbocycles. The molecule has 1 aromatic carbocycles. The van der Waals surface area contributed by atoms with Crippen molar-refractivity contribution in [3.63, 3.8) is 0 Å². The zero-order chi connectivity index (χ0) is 13.4. The molecule has 1 aliphatic rings. The van der Waals surface area contributed by atoms with Crippen molar-refractivity contribution >= 4 is 11.6 Å². The Labute approximate surface area is 110 Å². The number of carbonyl (C=O) groups excluding carboxylic acids is 1. The van der Waals surface area contributed by atoms with Crippen LogP contribution in [-0.4, -0.2) is 25.6 Å². The van der Waals surface area contributed by atoms with Gasteiger partial charge in [-0.1, -0.05) is 0 Å². The summed E-state index contributed by atoms with van der Waals surface area (Å²) in [5, 5.41) is 0. The Morgan fingerprint density at radius 1 is 1.37 bits per heavy atom. The molecule has 0 radical (unpaired) electrons. The van der Waals surface area contributed by atoms with E-state index in [0.29, 0.717) is 12.3 Å². The van der Waals surface area contributed by atoms with Gasteiger partial charge in [0.2, 0.25) is 5.91 Å². The number of furan rings is 1. The maximum atomic E-state index is 11.5. The number of hydrogen-bond acceptors (Lipinski definition) is 4. The summed E-state index contributed by atoms with van der Waals surface area (Å²) >= 11 is 0. The van der Waals surface area contributed by atoms with E-state index >= 15 is 0 Å². The van der Waals surface area contributed by atoms with Crippen molar-refractivity contribution in [2.75, 3.05) is 18.6 Å². The highest BCUT2D eigenvalue weighted by Gasteiger charge is 2.35. The molecule has 1 aromatic heterocycles. The van der Waals surface area contributed by atoms with Gasteiger partial charge in [0, 0.05) is 11.6 Å². The monoisotopic (exact) mass is 258 g/mol. The normalized spacial score (nSPS) is 18.3. The van der Waals surface area contributed by atoms with Gasteiger partial charge in [0.15, 0.2) is 0 Å². The van der Waals surface area contributed by atoms with Crippen molar-refractivity contribution in [3.8, 4) is 17.1 Å². The molecular formula is C14H14N2O3. The first-order valence-electron chi connectivity index (χ1n) is 5.99. The van der Waals surface area contributed by atoms with Gasteiger partial charge in [-0.05, 0) is 24.3 Å². The SMILES string of the molecule is COc1ccc(-c2cc(N3CC(N)C3=O)co2)cc1. The van der Waals surface area contributed by atoms with Crippen LogP contribution in [0.5, 0.6) is 5.75 Å². The van der Waals surface area contributed by atoms with Crippen LogP contribution in [0.25, 0.3) is 11.3 Å². The minimum absolute atomic E-state index is 0.0675. The highest BCUT2D eigenvalue weighted by molar-refractivity contribution is 6.04. The first-order chi connectivity index (χ1) is 9.19. The molecule has 0 spiro atoms. The molecule has 0 saturated carbocycles. The summed E-state index contributed by atoms with van der Waals surface area (Å²) in [4.78, 5) is 13.1. The third-order valence-electron chi connectivity index (χ3n) is 3.23. The Kier molecular flexibility index (Phi) is 2.76. The van der Waals surface area contributed by atoms with E-state index in [1.165, 1.54) is 0 Å². The lowest BCUT2D eigenvalue weighted by molar-refractivity contribution is -0.123. The summed E-state index contributed by atoms with van der Waals surface area (Å²) in [5.74, 6) is 1.44. The summed E-state index contributed by atoms with van der Waals surface area (Å²) in [6, 6.07) is 9.01. The lowest BCUT2D eigenvalue weighted by atomic mass is 10.1. The molecule has 98 valence electrons. The fraction of sp³-hybridized carbons (Fsp3) is 0.214. The molecule has 0 bridgehead atoms. The fourth-order valence-electron chi connectivity index (χ4n) is 2.06. The largest absolute Gasteiger partial charge is 0.497 e. The van der Waals surface area contributed by atoms with Gasteiger partial charge < -0.3 is 19.8 Å². The van der Waals surface area contributed by atoms with Crippen molar-refractivity contribution in [3.05, 3.63) is 36.6 Å². The van der Waals surface area contributed by atoms with Crippen LogP contribution in [0.4, 0.5) is 5.69 Å². The topological polar surface area (TPSA) is 68.7 Å². The Bertz CT molecular complexity index is 603. The third-order valence-corrected chi connectivity index (χ3v) is 3.23. The van der Waals surface area contributed by atoms with Crippen LogP contribution in [-0.2, 0) is 4.79 Å². The summed E-state index contributed by atoms with van der Waals surface area (Å²) in [6.45, 7) is 0.542. The van der Waals surface area contributed by atoms with Crippen LogP contribution >= 0.6 is 0 Å². The van der Waals surface area contributed by atoms with Crippen LogP contribution in [0.2, 0.25) is 0 Å². The number of rotatable bonds is 3. The molecule has 1 fully saturated rings. The molecule has 19 heavy (non-hydrogen) atoms. The van der Waals surface area contributed by atoms with E-state index < -0.39 is 0 Å². The Balaban J connectivity index is 1.82. The molecule has 1 unspecified atom stereocenters. The van der Waals surface area contributed by atoms with Crippen LogP contribution in [0, 0.1) is 0 Å². The van der Waals surface area contributed by atoms with Crippen molar-refractivity contribution in [2.24, 2.45) is 5.73 Å². The molecule has 5 nitrogen and oxygen atoms in total. The van der Waals surface area contributed by atoms with Crippen LogP contribution < -0.4 is 15.4 Å². The van der Waals surface area contributed by atoms with Gasteiger partial charge in [0.1, 0.15) is 23.8 Å². The van der Waals surface area contributed by atoms with Crippen LogP contribution in [0.3, 0.4) is 0 Å². The summed E-state index contributed by atoms with van der Waals surface area (Å²) in [7, 11) is 1.62. The first-order valence-corrected chi connectivity index (χ1v) is 5.99. The van der Waals surface area contributed by atoms with Gasteiger partial charge in [-0.3, -0.25) is 4.79 Å².